The number of nitrogens with zero attached hydrogens (tertiary/aromatic N) is 2. The molecular formula is C19H21N3O2. The van der Waals surface area contributed by atoms with Gasteiger partial charge in [-0.15, -0.1) is 5.10 Å². The van der Waals surface area contributed by atoms with E-state index in [2.05, 4.69) is 21.6 Å². The minimum Gasteiger partial charge on any atom is -0.464 e. The minimum atomic E-state index is -0.561. The zero-order chi connectivity index (χ0) is 16.5. The number of furan rings is 1. The van der Waals surface area contributed by atoms with Crippen molar-refractivity contribution in [3.8, 4) is 11.3 Å². The lowest BCUT2D eigenvalue weighted by atomic mass is 9.91. The predicted molar refractivity (Wildman–Crippen MR) is 92.5 cm³/mol. The molecule has 1 aromatic carbocycles. The number of aliphatic hydroxyl groups is 1. The summed E-state index contributed by atoms with van der Waals surface area (Å²) in [5.74, 6) is 0.209. The van der Waals surface area contributed by atoms with E-state index in [1.807, 2.05) is 31.2 Å². The average Bonchev–Trinajstić information content (AvgIpc) is 3.09. The largest absolute Gasteiger partial charge is 0.464 e. The van der Waals surface area contributed by atoms with Crippen molar-refractivity contribution in [2.75, 3.05) is 13.1 Å². The predicted octanol–water partition coefficient (Wildman–Crippen LogP) is 3.23. The SMILES string of the molecule is Cc1cc(C(O)C2CCCNC2)nnc1-c1ccc2occc2c1. The zero-order valence-corrected chi connectivity index (χ0v) is 13.7. The number of rotatable bonds is 3. The molecule has 1 aliphatic heterocycles. The molecule has 2 aromatic heterocycles. The molecule has 0 spiro atoms. The van der Waals surface area contributed by atoms with Gasteiger partial charge in [0.1, 0.15) is 11.7 Å². The summed E-state index contributed by atoms with van der Waals surface area (Å²) in [6.45, 7) is 3.88. The molecule has 0 amide bonds. The molecule has 5 nitrogen and oxygen atoms in total. The smallest absolute Gasteiger partial charge is 0.133 e. The number of nitrogens with one attached hydrogen (secondary N) is 1. The van der Waals surface area contributed by atoms with E-state index in [9.17, 15) is 5.11 Å². The number of hydrogen-bond acceptors (Lipinski definition) is 5. The van der Waals surface area contributed by atoms with Crippen molar-refractivity contribution in [2.24, 2.45) is 5.92 Å². The second-order valence-electron chi connectivity index (χ2n) is 6.53. The Labute approximate surface area is 140 Å². The lowest BCUT2D eigenvalue weighted by Crippen LogP contribution is -2.33. The van der Waals surface area contributed by atoms with Crippen molar-refractivity contribution in [1.29, 1.82) is 0 Å². The first kappa shape index (κ1) is 15.3. The summed E-state index contributed by atoms with van der Waals surface area (Å²) < 4.78 is 5.38. The van der Waals surface area contributed by atoms with Gasteiger partial charge in [-0.25, -0.2) is 0 Å². The Kier molecular flexibility index (Phi) is 4.04. The highest BCUT2D eigenvalue weighted by Gasteiger charge is 2.25. The third-order valence-corrected chi connectivity index (χ3v) is 4.81. The van der Waals surface area contributed by atoms with Gasteiger partial charge < -0.3 is 14.8 Å². The van der Waals surface area contributed by atoms with Crippen LogP contribution >= 0.6 is 0 Å². The van der Waals surface area contributed by atoms with Gasteiger partial charge in [0.2, 0.25) is 0 Å². The van der Waals surface area contributed by atoms with Crippen LogP contribution in [0.3, 0.4) is 0 Å². The minimum absolute atomic E-state index is 0.209. The molecule has 3 aromatic rings. The summed E-state index contributed by atoms with van der Waals surface area (Å²) in [6.07, 6.45) is 3.24. The van der Waals surface area contributed by atoms with E-state index in [-0.39, 0.29) is 5.92 Å². The van der Waals surface area contributed by atoms with Gasteiger partial charge >= 0.3 is 0 Å². The second-order valence-corrected chi connectivity index (χ2v) is 6.53. The van der Waals surface area contributed by atoms with E-state index in [1.165, 1.54) is 0 Å². The normalized spacial score (nSPS) is 19.5. The van der Waals surface area contributed by atoms with Crippen molar-refractivity contribution in [3.05, 3.63) is 47.9 Å². The molecule has 0 radical (unpaired) electrons. The maximum atomic E-state index is 10.6. The summed E-state index contributed by atoms with van der Waals surface area (Å²) >= 11 is 0. The Morgan fingerprint density at radius 1 is 1.25 bits per heavy atom. The van der Waals surface area contributed by atoms with Gasteiger partial charge in [0.25, 0.3) is 0 Å². The van der Waals surface area contributed by atoms with E-state index in [4.69, 9.17) is 4.42 Å². The van der Waals surface area contributed by atoms with Crippen molar-refractivity contribution in [2.45, 2.75) is 25.9 Å². The molecule has 0 aliphatic carbocycles. The highest BCUT2D eigenvalue weighted by atomic mass is 16.3. The molecule has 4 rings (SSSR count). The van der Waals surface area contributed by atoms with Crippen LogP contribution in [0.4, 0.5) is 0 Å². The Morgan fingerprint density at radius 3 is 2.96 bits per heavy atom. The number of piperidine rings is 1. The molecule has 124 valence electrons. The molecule has 3 heterocycles. The number of aryl methyl sites for hydroxylation is 1. The quantitative estimate of drug-likeness (QED) is 0.774. The number of aromatic nitrogens is 2. The first-order valence-electron chi connectivity index (χ1n) is 8.43. The lowest BCUT2D eigenvalue weighted by molar-refractivity contribution is 0.0875. The van der Waals surface area contributed by atoms with Crippen LogP contribution in [0.5, 0.6) is 0 Å². The van der Waals surface area contributed by atoms with Crippen molar-refractivity contribution < 1.29 is 9.52 Å². The zero-order valence-electron chi connectivity index (χ0n) is 13.7. The molecule has 2 N–H and O–H groups in total. The standard InChI is InChI=1S/C19H21N3O2/c1-12-9-16(19(23)15-3-2-7-20-11-15)21-22-18(12)14-4-5-17-13(10-14)6-8-24-17/h4-6,8-10,15,19-20,23H,2-3,7,11H2,1H3. The van der Waals surface area contributed by atoms with E-state index in [1.54, 1.807) is 6.26 Å². The molecule has 1 aliphatic rings. The van der Waals surface area contributed by atoms with Gasteiger partial charge in [0.15, 0.2) is 0 Å². The van der Waals surface area contributed by atoms with Crippen LogP contribution in [-0.4, -0.2) is 28.4 Å². The number of hydrogen-bond donors (Lipinski definition) is 2. The van der Waals surface area contributed by atoms with Crippen LogP contribution in [0.25, 0.3) is 22.2 Å². The van der Waals surface area contributed by atoms with Crippen molar-refractivity contribution in [1.82, 2.24) is 15.5 Å². The Balaban J connectivity index is 1.63. The molecule has 2 unspecified atom stereocenters. The summed E-state index contributed by atoms with van der Waals surface area (Å²) in [5, 5.41) is 23.7. The highest BCUT2D eigenvalue weighted by molar-refractivity contribution is 5.83. The van der Waals surface area contributed by atoms with Crippen LogP contribution in [0.2, 0.25) is 0 Å². The monoisotopic (exact) mass is 323 g/mol. The number of aliphatic hydroxyl groups excluding tert-OH is 1. The molecular weight excluding hydrogens is 302 g/mol. The van der Waals surface area contributed by atoms with Crippen LogP contribution in [0, 0.1) is 12.8 Å². The molecule has 24 heavy (non-hydrogen) atoms. The van der Waals surface area contributed by atoms with Gasteiger partial charge in [-0.2, -0.15) is 5.10 Å². The third kappa shape index (κ3) is 2.81. The Bertz CT molecular complexity index is 853. The molecule has 1 saturated heterocycles. The number of fused-ring (bicyclic) bond motifs is 1. The summed E-state index contributed by atoms with van der Waals surface area (Å²) in [7, 11) is 0. The van der Waals surface area contributed by atoms with Crippen LogP contribution in [-0.2, 0) is 0 Å². The van der Waals surface area contributed by atoms with Crippen molar-refractivity contribution >= 4 is 11.0 Å². The van der Waals surface area contributed by atoms with E-state index in [0.29, 0.717) is 5.69 Å². The maximum absolute atomic E-state index is 10.6. The first-order valence-corrected chi connectivity index (χ1v) is 8.43. The van der Waals surface area contributed by atoms with E-state index >= 15 is 0 Å². The second kappa shape index (κ2) is 6.34. The van der Waals surface area contributed by atoms with Gasteiger partial charge in [0, 0.05) is 23.4 Å². The van der Waals surface area contributed by atoms with E-state index < -0.39 is 6.10 Å². The topological polar surface area (TPSA) is 71.2 Å². The summed E-state index contributed by atoms with van der Waals surface area (Å²) in [4.78, 5) is 0. The van der Waals surface area contributed by atoms with Gasteiger partial charge in [-0.1, -0.05) is 0 Å². The fourth-order valence-corrected chi connectivity index (χ4v) is 3.44. The van der Waals surface area contributed by atoms with E-state index in [0.717, 1.165) is 53.7 Å². The molecule has 1 fully saturated rings. The molecule has 0 saturated carbocycles. The van der Waals surface area contributed by atoms with Gasteiger partial charge in [-0.05, 0) is 62.2 Å². The molecule has 0 bridgehead atoms. The highest BCUT2D eigenvalue weighted by Crippen LogP contribution is 2.29. The fourth-order valence-electron chi connectivity index (χ4n) is 3.44. The van der Waals surface area contributed by atoms with Crippen molar-refractivity contribution in [3.63, 3.8) is 0 Å². The fraction of sp³-hybridized carbons (Fsp3) is 0.368. The van der Waals surface area contributed by atoms with Crippen LogP contribution < -0.4 is 5.32 Å². The summed E-state index contributed by atoms with van der Waals surface area (Å²) in [6, 6.07) is 9.89. The van der Waals surface area contributed by atoms with Crippen LogP contribution in [0.1, 0.15) is 30.2 Å². The van der Waals surface area contributed by atoms with Crippen LogP contribution in [0.15, 0.2) is 41.0 Å². The molecule has 5 heteroatoms. The average molecular weight is 323 g/mol. The third-order valence-electron chi connectivity index (χ3n) is 4.81. The lowest BCUT2D eigenvalue weighted by Gasteiger charge is -2.26. The van der Waals surface area contributed by atoms with Gasteiger partial charge in [-0.3, -0.25) is 0 Å². The maximum Gasteiger partial charge on any atom is 0.133 e. The first-order chi connectivity index (χ1) is 11.7. The Hall–Kier alpha value is -2.24. The molecule has 2 atom stereocenters. The number of benzene rings is 1. The summed E-state index contributed by atoms with van der Waals surface area (Å²) in [5.41, 5.74) is 4.39. The van der Waals surface area contributed by atoms with Gasteiger partial charge in [0.05, 0.1) is 17.7 Å². The Morgan fingerprint density at radius 2 is 2.17 bits per heavy atom.